The third kappa shape index (κ3) is 2.00. The number of esters is 2. The zero-order chi connectivity index (χ0) is 18.1. The molecule has 6 heteroatoms. The molecule has 5 aliphatic rings. The molecule has 0 aromatic heterocycles. The van der Waals surface area contributed by atoms with Crippen molar-refractivity contribution in [1.82, 2.24) is 0 Å². The van der Waals surface area contributed by atoms with Gasteiger partial charge in [-0.2, -0.15) is 0 Å². The van der Waals surface area contributed by atoms with Crippen LogP contribution in [0, 0.1) is 17.8 Å². The highest BCUT2D eigenvalue weighted by Crippen LogP contribution is 2.62. The van der Waals surface area contributed by atoms with Crippen molar-refractivity contribution in [2.75, 3.05) is 13.7 Å². The predicted octanol–water partition coefficient (Wildman–Crippen LogP) is 2.59. The number of methoxy groups -OCH3 is 1. The number of ether oxygens (including phenoxy) is 3. The Morgan fingerprint density at radius 2 is 2.08 bits per heavy atom. The van der Waals surface area contributed by atoms with Crippen molar-refractivity contribution >= 4 is 27.9 Å². The lowest BCUT2D eigenvalue weighted by molar-refractivity contribution is -0.198. The predicted molar refractivity (Wildman–Crippen MR) is 95.6 cm³/mol. The van der Waals surface area contributed by atoms with Gasteiger partial charge < -0.3 is 14.2 Å². The van der Waals surface area contributed by atoms with Crippen molar-refractivity contribution in [3.05, 3.63) is 47.5 Å². The van der Waals surface area contributed by atoms with Gasteiger partial charge in [0.1, 0.15) is 6.10 Å². The Labute approximate surface area is 159 Å². The fourth-order valence-corrected chi connectivity index (χ4v) is 6.41. The van der Waals surface area contributed by atoms with E-state index in [9.17, 15) is 9.59 Å². The first kappa shape index (κ1) is 16.5. The second-order valence-electron chi connectivity index (χ2n) is 7.51. The first-order valence-corrected chi connectivity index (χ1v) is 9.71. The third-order valence-electron chi connectivity index (χ3n) is 6.44. The molecule has 1 aromatic rings. The Hall–Kier alpha value is -1.66. The molecule has 1 saturated carbocycles. The molecule has 4 fully saturated rings. The maximum absolute atomic E-state index is 12.7. The van der Waals surface area contributed by atoms with Gasteiger partial charge in [-0.05, 0) is 17.1 Å². The van der Waals surface area contributed by atoms with Crippen LogP contribution >= 0.6 is 15.9 Å². The van der Waals surface area contributed by atoms with Crippen LogP contribution < -0.4 is 0 Å². The molecule has 2 aliphatic carbocycles. The maximum Gasteiger partial charge on any atom is 0.326 e. The molecular formula is C20H19BrO5. The number of hydrogen-bond donors (Lipinski definition) is 0. The highest BCUT2D eigenvalue weighted by molar-refractivity contribution is 9.10. The molecule has 26 heavy (non-hydrogen) atoms. The van der Waals surface area contributed by atoms with E-state index in [2.05, 4.69) is 15.9 Å². The number of hydrogen-bond acceptors (Lipinski definition) is 5. The molecule has 6 rings (SSSR count). The minimum absolute atomic E-state index is 0.00720. The SMILES string of the molecule is COC(=O)[C@H]1C=C2C3CC4OCC(C2C4(Br)C(=O)O3)[C@@H]1c1ccccc1. The minimum atomic E-state index is -0.857. The van der Waals surface area contributed by atoms with Crippen LogP contribution in [0.5, 0.6) is 0 Å². The summed E-state index contributed by atoms with van der Waals surface area (Å²) in [5, 5.41) is 0. The lowest BCUT2D eigenvalue weighted by Gasteiger charge is -2.61. The van der Waals surface area contributed by atoms with E-state index >= 15 is 0 Å². The lowest BCUT2D eigenvalue weighted by atomic mass is 9.54. The van der Waals surface area contributed by atoms with Crippen LogP contribution in [-0.2, 0) is 23.8 Å². The minimum Gasteiger partial charge on any atom is -0.469 e. The first-order chi connectivity index (χ1) is 12.6. The molecule has 0 amide bonds. The Balaban J connectivity index is 1.70. The zero-order valence-electron chi connectivity index (χ0n) is 14.3. The van der Waals surface area contributed by atoms with Crippen LogP contribution in [0.2, 0.25) is 0 Å². The summed E-state index contributed by atoms with van der Waals surface area (Å²) in [6.45, 7) is 0.521. The fraction of sp³-hybridized carbons (Fsp3) is 0.500. The summed E-state index contributed by atoms with van der Waals surface area (Å²) < 4.78 is 16.0. The number of alkyl halides is 1. The van der Waals surface area contributed by atoms with Crippen LogP contribution in [0.25, 0.3) is 0 Å². The number of carbonyl (C=O) groups excluding carboxylic acids is 2. The van der Waals surface area contributed by atoms with E-state index in [-0.39, 0.29) is 41.9 Å². The molecular weight excluding hydrogens is 400 g/mol. The summed E-state index contributed by atoms with van der Waals surface area (Å²) in [5.74, 6) is -1.02. The Morgan fingerprint density at radius 1 is 1.31 bits per heavy atom. The topological polar surface area (TPSA) is 61.8 Å². The maximum atomic E-state index is 12.7. The molecule has 4 bridgehead atoms. The standard InChI is InChI=1S/C20H19BrO5/c1-24-18(22)12-7-11-14-8-15-20(21,19(23)26-14)17(11)13(9-25-15)16(12)10-5-3-2-4-6-10/h2-7,12-17H,8-9H2,1H3/t12-,13?,14?,15?,16+,17?,20?/m0/s1. The molecule has 5 nitrogen and oxygen atoms in total. The zero-order valence-corrected chi connectivity index (χ0v) is 15.8. The van der Waals surface area contributed by atoms with Gasteiger partial charge in [-0.1, -0.05) is 52.3 Å². The van der Waals surface area contributed by atoms with Crippen LogP contribution in [0.3, 0.4) is 0 Å². The van der Waals surface area contributed by atoms with E-state index in [0.29, 0.717) is 13.0 Å². The van der Waals surface area contributed by atoms with Gasteiger partial charge >= 0.3 is 11.9 Å². The average molecular weight is 419 g/mol. The third-order valence-corrected chi connectivity index (χ3v) is 7.77. The van der Waals surface area contributed by atoms with Crippen molar-refractivity contribution in [1.29, 1.82) is 0 Å². The van der Waals surface area contributed by atoms with Gasteiger partial charge in [0.25, 0.3) is 0 Å². The number of fused-ring (bicyclic) bond motifs is 1. The first-order valence-electron chi connectivity index (χ1n) is 8.91. The Kier molecular flexibility index (Phi) is 3.60. The van der Waals surface area contributed by atoms with Gasteiger partial charge in [0.05, 0.1) is 25.7 Å². The lowest BCUT2D eigenvalue weighted by Crippen LogP contribution is -2.70. The summed E-state index contributed by atoms with van der Waals surface area (Å²) in [5.41, 5.74) is 2.12. The van der Waals surface area contributed by atoms with E-state index in [1.54, 1.807) is 0 Å². The molecule has 3 aliphatic heterocycles. The molecule has 7 atom stereocenters. The van der Waals surface area contributed by atoms with Crippen molar-refractivity contribution in [2.45, 2.75) is 28.9 Å². The molecule has 0 spiro atoms. The van der Waals surface area contributed by atoms with Crippen molar-refractivity contribution < 1.29 is 23.8 Å². The number of benzene rings is 1. The van der Waals surface area contributed by atoms with Crippen LogP contribution in [0.15, 0.2) is 42.0 Å². The van der Waals surface area contributed by atoms with Gasteiger partial charge in [0.15, 0.2) is 4.32 Å². The largest absolute Gasteiger partial charge is 0.469 e. The van der Waals surface area contributed by atoms with E-state index in [0.717, 1.165) is 11.1 Å². The van der Waals surface area contributed by atoms with Crippen LogP contribution in [0.1, 0.15) is 17.9 Å². The quantitative estimate of drug-likeness (QED) is 0.419. The van der Waals surface area contributed by atoms with Crippen LogP contribution in [-0.4, -0.2) is 42.2 Å². The van der Waals surface area contributed by atoms with Gasteiger partial charge in [-0.15, -0.1) is 0 Å². The normalized spacial score (nSPS) is 42.7. The van der Waals surface area contributed by atoms with Gasteiger partial charge in [-0.25, -0.2) is 0 Å². The Morgan fingerprint density at radius 3 is 2.81 bits per heavy atom. The van der Waals surface area contributed by atoms with Gasteiger partial charge in [-0.3, -0.25) is 9.59 Å². The van der Waals surface area contributed by atoms with E-state index in [1.165, 1.54) is 7.11 Å². The molecule has 136 valence electrons. The summed E-state index contributed by atoms with van der Waals surface area (Å²) in [4.78, 5) is 25.3. The number of halogens is 1. The monoisotopic (exact) mass is 418 g/mol. The molecule has 3 saturated heterocycles. The average Bonchev–Trinajstić information content (AvgIpc) is 2.66. The molecule has 1 aromatic carbocycles. The fourth-order valence-electron chi connectivity index (χ4n) is 5.39. The smallest absolute Gasteiger partial charge is 0.326 e. The second-order valence-corrected chi connectivity index (χ2v) is 8.83. The van der Waals surface area contributed by atoms with Crippen molar-refractivity contribution in [2.24, 2.45) is 17.8 Å². The highest BCUT2D eigenvalue weighted by Gasteiger charge is 2.69. The van der Waals surface area contributed by atoms with E-state index < -0.39 is 10.2 Å². The summed E-state index contributed by atoms with van der Waals surface area (Å²) in [7, 11) is 1.42. The number of rotatable bonds is 2. The highest BCUT2D eigenvalue weighted by atomic mass is 79.9. The van der Waals surface area contributed by atoms with Crippen molar-refractivity contribution in [3.63, 3.8) is 0 Å². The molecule has 5 unspecified atom stereocenters. The van der Waals surface area contributed by atoms with E-state index in [1.807, 2.05) is 36.4 Å². The summed E-state index contributed by atoms with van der Waals surface area (Å²) in [6, 6.07) is 9.97. The molecule has 3 heterocycles. The number of carbonyl (C=O) groups is 2. The Bertz CT molecular complexity index is 806. The van der Waals surface area contributed by atoms with Crippen LogP contribution in [0.4, 0.5) is 0 Å². The van der Waals surface area contributed by atoms with E-state index in [4.69, 9.17) is 14.2 Å². The summed E-state index contributed by atoms with van der Waals surface area (Å²) >= 11 is 3.71. The van der Waals surface area contributed by atoms with Gasteiger partial charge in [0.2, 0.25) is 0 Å². The molecule has 0 N–H and O–H groups in total. The second kappa shape index (κ2) is 5.67. The van der Waals surface area contributed by atoms with Gasteiger partial charge in [0, 0.05) is 18.3 Å². The summed E-state index contributed by atoms with van der Waals surface area (Å²) in [6.07, 6.45) is 2.15. The molecule has 0 radical (unpaired) electrons. The van der Waals surface area contributed by atoms with Crippen molar-refractivity contribution in [3.8, 4) is 0 Å².